The molecule has 1 fully saturated rings. The van der Waals surface area contributed by atoms with E-state index >= 15 is 0 Å². The maximum atomic E-state index is 13.3. The van der Waals surface area contributed by atoms with E-state index in [0.29, 0.717) is 15.5 Å². The number of urea groups is 1. The first-order chi connectivity index (χ1) is 20.8. The number of pyridine rings is 1. The minimum atomic E-state index is -3.78. The van der Waals surface area contributed by atoms with Gasteiger partial charge < -0.3 is 14.6 Å². The second-order valence-electron chi connectivity index (χ2n) is 10.3. The molecule has 236 valence electrons. The summed E-state index contributed by atoms with van der Waals surface area (Å²) in [6, 6.07) is 8.51. The first kappa shape index (κ1) is 34.1. The van der Waals surface area contributed by atoms with Gasteiger partial charge in [0.05, 0.1) is 28.4 Å². The van der Waals surface area contributed by atoms with E-state index in [1.54, 1.807) is 26.2 Å². The Morgan fingerprint density at radius 3 is 2.41 bits per heavy atom. The van der Waals surface area contributed by atoms with E-state index in [1.165, 1.54) is 11.1 Å². The van der Waals surface area contributed by atoms with Gasteiger partial charge in [0.2, 0.25) is 0 Å². The van der Waals surface area contributed by atoms with Crippen LogP contribution in [0.2, 0.25) is 10.0 Å². The van der Waals surface area contributed by atoms with Crippen molar-refractivity contribution in [1.29, 1.82) is 0 Å². The highest BCUT2D eigenvalue weighted by atomic mass is 35.5. The van der Waals surface area contributed by atoms with Gasteiger partial charge in [-0.05, 0) is 79.9 Å². The molecule has 0 bridgehead atoms. The summed E-state index contributed by atoms with van der Waals surface area (Å²) in [5.74, 6) is 0.801. The van der Waals surface area contributed by atoms with Crippen molar-refractivity contribution < 1.29 is 23.1 Å². The highest BCUT2D eigenvalue weighted by molar-refractivity contribution is 7.99. The lowest BCUT2D eigenvalue weighted by Gasteiger charge is -2.35. The fourth-order valence-corrected chi connectivity index (χ4v) is 6.76. The van der Waals surface area contributed by atoms with Crippen molar-refractivity contribution in [3.05, 3.63) is 78.7 Å². The SMILES string of the molecule is CCN1CCCN(c2cc3c(cc2OC)CN(C)C3)C1=O.Cc1ccc(Cl)c(Sc2cc(C(F)(F)Cl)[nH]c(=O)c2C=O)c1Cl. The van der Waals surface area contributed by atoms with Gasteiger partial charge in [-0.1, -0.05) is 41.0 Å². The molecule has 2 aliphatic rings. The molecule has 0 saturated carbocycles. The largest absolute Gasteiger partial charge is 0.495 e. The number of fused-ring (bicyclic) bond motifs is 1. The summed E-state index contributed by atoms with van der Waals surface area (Å²) in [7, 11) is 3.78. The van der Waals surface area contributed by atoms with Crippen molar-refractivity contribution in [1.82, 2.24) is 14.8 Å². The Bertz CT molecular complexity index is 1630. The molecule has 3 heterocycles. The van der Waals surface area contributed by atoms with Gasteiger partial charge in [-0.2, -0.15) is 8.78 Å². The molecular formula is C30H31Cl3F2N4O4S. The zero-order valence-electron chi connectivity index (χ0n) is 24.5. The van der Waals surface area contributed by atoms with Gasteiger partial charge in [0, 0.05) is 42.5 Å². The van der Waals surface area contributed by atoms with Crippen LogP contribution in [-0.2, 0) is 18.5 Å². The number of aldehydes is 1. The molecule has 0 spiro atoms. The highest BCUT2D eigenvalue weighted by Crippen LogP contribution is 2.42. The normalized spacial score (nSPS) is 15.2. The fraction of sp³-hybridized carbons (Fsp3) is 0.367. The van der Waals surface area contributed by atoms with Crippen LogP contribution in [0, 0.1) is 6.92 Å². The zero-order valence-corrected chi connectivity index (χ0v) is 27.6. The molecule has 8 nitrogen and oxygen atoms in total. The second-order valence-corrected chi connectivity index (χ2v) is 12.7. The van der Waals surface area contributed by atoms with E-state index < -0.39 is 16.6 Å². The van der Waals surface area contributed by atoms with Crippen molar-refractivity contribution >= 4 is 64.6 Å². The van der Waals surface area contributed by atoms with E-state index in [1.807, 2.05) is 21.7 Å². The molecule has 5 rings (SSSR count). The second kappa shape index (κ2) is 14.1. The Morgan fingerprint density at radius 1 is 1.11 bits per heavy atom. The fourth-order valence-electron chi connectivity index (χ4n) is 4.99. The third-order valence-electron chi connectivity index (χ3n) is 7.28. The number of benzene rings is 2. The van der Waals surface area contributed by atoms with Crippen molar-refractivity contribution in [3.8, 4) is 5.75 Å². The van der Waals surface area contributed by atoms with Gasteiger partial charge >= 0.3 is 11.4 Å². The number of nitrogens with zero attached hydrogens (tertiary/aromatic N) is 3. The summed E-state index contributed by atoms with van der Waals surface area (Å²) in [6.45, 7) is 8.01. The number of methoxy groups -OCH3 is 1. The first-order valence-electron chi connectivity index (χ1n) is 13.7. The lowest BCUT2D eigenvalue weighted by atomic mass is 10.1. The van der Waals surface area contributed by atoms with Crippen LogP contribution in [0.3, 0.4) is 0 Å². The van der Waals surface area contributed by atoms with Crippen LogP contribution in [0.25, 0.3) is 0 Å². The molecule has 14 heteroatoms. The van der Waals surface area contributed by atoms with Crippen LogP contribution >= 0.6 is 46.6 Å². The standard InChI is InChI=1S/C16H23N3O2.C14H8Cl3F2NO2S/c1-4-18-6-5-7-19(16(18)20)14-8-12-10-17(2)11-13(12)9-15(14)21-3;1-6-2-3-8(15)12(11(6)16)23-9-4-10(14(17,18)19)20-13(22)7(9)5-21/h8-9H,4-7,10-11H2,1-3H3;2-5H,1H3,(H,20,22). The molecule has 0 unspecified atom stereocenters. The smallest absolute Gasteiger partial charge is 0.362 e. The summed E-state index contributed by atoms with van der Waals surface area (Å²) in [4.78, 5) is 43.7. The number of H-pyrrole nitrogens is 1. The molecule has 44 heavy (non-hydrogen) atoms. The number of aromatic nitrogens is 1. The molecule has 1 aromatic heterocycles. The summed E-state index contributed by atoms with van der Waals surface area (Å²) in [5, 5.41) is -3.21. The van der Waals surface area contributed by atoms with Crippen molar-refractivity contribution in [2.24, 2.45) is 0 Å². The predicted octanol–water partition coefficient (Wildman–Crippen LogP) is 7.53. The van der Waals surface area contributed by atoms with Crippen molar-refractivity contribution in [3.63, 3.8) is 0 Å². The zero-order chi connectivity index (χ0) is 32.3. The predicted molar refractivity (Wildman–Crippen MR) is 170 cm³/mol. The molecule has 3 aromatic rings. The number of anilines is 1. The number of alkyl halides is 3. The van der Waals surface area contributed by atoms with E-state index in [9.17, 15) is 23.2 Å². The number of aryl methyl sites for hydroxylation is 1. The average molecular weight is 688 g/mol. The highest BCUT2D eigenvalue weighted by Gasteiger charge is 2.31. The summed E-state index contributed by atoms with van der Waals surface area (Å²) >= 11 is 18.0. The molecule has 2 amide bonds. The summed E-state index contributed by atoms with van der Waals surface area (Å²) in [5.41, 5.74) is 2.11. The van der Waals surface area contributed by atoms with Gasteiger partial charge in [-0.25, -0.2) is 4.79 Å². The quantitative estimate of drug-likeness (QED) is 0.204. The molecular weight excluding hydrogens is 657 g/mol. The monoisotopic (exact) mass is 686 g/mol. The number of ether oxygens (including phenoxy) is 1. The van der Waals surface area contributed by atoms with Crippen LogP contribution in [0.4, 0.5) is 19.3 Å². The number of carbonyl (C=O) groups excluding carboxylic acids is 2. The lowest BCUT2D eigenvalue weighted by molar-refractivity contribution is 0.0891. The molecule has 0 atom stereocenters. The van der Waals surface area contributed by atoms with Crippen LogP contribution in [0.5, 0.6) is 5.75 Å². The molecule has 1 saturated heterocycles. The number of nitrogens with one attached hydrogen (secondary N) is 1. The van der Waals surface area contributed by atoms with Crippen molar-refractivity contribution in [2.75, 3.05) is 38.7 Å². The van der Waals surface area contributed by atoms with Crippen molar-refractivity contribution in [2.45, 2.75) is 48.5 Å². The summed E-state index contributed by atoms with van der Waals surface area (Å²) < 4.78 is 32.1. The molecule has 0 aliphatic carbocycles. The van der Waals surface area contributed by atoms with E-state index in [0.717, 1.165) is 68.4 Å². The third kappa shape index (κ3) is 7.34. The Hall–Kier alpha value is -2.83. The molecule has 0 radical (unpaired) electrons. The van der Waals surface area contributed by atoms with E-state index in [-0.39, 0.29) is 27.8 Å². The van der Waals surface area contributed by atoms with Crippen LogP contribution < -0.4 is 15.2 Å². The van der Waals surface area contributed by atoms with Gasteiger partial charge in [-0.15, -0.1) is 0 Å². The van der Waals surface area contributed by atoms with Crippen LogP contribution in [-0.4, -0.2) is 60.9 Å². The van der Waals surface area contributed by atoms with E-state index in [2.05, 4.69) is 24.1 Å². The van der Waals surface area contributed by atoms with E-state index in [4.69, 9.17) is 39.5 Å². The molecule has 2 aliphatic heterocycles. The third-order valence-corrected chi connectivity index (χ3v) is 9.69. The maximum Gasteiger partial charge on any atom is 0.362 e. The average Bonchev–Trinajstić information content (AvgIpc) is 3.35. The Morgan fingerprint density at radius 2 is 1.80 bits per heavy atom. The lowest BCUT2D eigenvalue weighted by Crippen LogP contribution is -2.49. The van der Waals surface area contributed by atoms with Crippen LogP contribution in [0.1, 0.15) is 46.1 Å². The number of aromatic amines is 1. The number of amides is 2. The number of rotatable bonds is 7. The maximum absolute atomic E-state index is 13.3. The first-order valence-corrected chi connectivity index (χ1v) is 15.6. The number of carbonyl (C=O) groups is 2. The number of hydrogen-bond donors (Lipinski definition) is 1. The number of hydrogen-bond acceptors (Lipinski definition) is 6. The van der Waals surface area contributed by atoms with Gasteiger partial charge in [0.1, 0.15) is 11.4 Å². The minimum absolute atomic E-state index is 0.0199. The Balaban J connectivity index is 0.000000201. The Kier molecular flexibility index (Phi) is 10.9. The Labute approximate surface area is 273 Å². The van der Waals surface area contributed by atoms with Gasteiger partial charge in [-0.3, -0.25) is 19.4 Å². The molecule has 2 aromatic carbocycles. The topological polar surface area (TPSA) is 85.9 Å². The molecule has 1 N–H and O–H groups in total. The van der Waals surface area contributed by atoms with Gasteiger partial charge in [0.25, 0.3) is 5.56 Å². The minimum Gasteiger partial charge on any atom is -0.495 e. The van der Waals surface area contributed by atoms with Gasteiger partial charge in [0.15, 0.2) is 6.29 Å². The van der Waals surface area contributed by atoms with Crippen LogP contribution in [0.15, 0.2) is 44.9 Å². The summed E-state index contributed by atoms with van der Waals surface area (Å²) in [6.07, 6.45) is 1.27. The number of halogens is 5.